The van der Waals surface area contributed by atoms with E-state index in [0.29, 0.717) is 31.3 Å². The Morgan fingerprint density at radius 3 is 2.67 bits per heavy atom. The van der Waals surface area contributed by atoms with Gasteiger partial charge < -0.3 is 20.3 Å². The summed E-state index contributed by atoms with van der Waals surface area (Å²) in [6, 6.07) is 4.70. The average Bonchev–Trinajstić information content (AvgIpc) is 3.19. The van der Waals surface area contributed by atoms with Crippen molar-refractivity contribution >= 4 is 23.3 Å². The van der Waals surface area contributed by atoms with Gasteiger partial charge in [-0.05, 0) is 44.1 Å². The van der Waals surface area contributed by atoms with Crippen molar-refractivity contribution in [2.24, 2.45) is 0 Å². The average molecular weight is 351 g/mol. The van der Waals surface area contributed by atoms with Crippen molar-refractivity contribution in [1.29, 1.82) is 0 Å². The first kappa shape index (κ1) is 17.2. The first-order valence-corrected chi connectivity index (χ1v) is 9.57. The molecule has 132 valence electrons. The maximum Gasteiger partial charge on any atom is 0.410 e. The molecular weight excluding hydrogens is 326 g/mol. The highest BCUT2D eigenvalue weighted by molar-refractivity contribution is 7.12. The molecule has 3 atom stereocenters. The summed E-state index contributed by atoms with van der Waals surface area (Å²) in [6.45, 7) is 3.64. The van der Waals surface area contributed by atoms with Gasteiger partial charge in [0.05, 0.1) is 11.5 Å². The Morgan fingerprint density at radius 2 is 2.04 bits per heavy atom. The summed E-state index contributed by atoms with van der Waals surface area (Å²) < 4.78 is 5.18. The molecule has 3 heterocycles. The topological polar surface area (TPSA) is 70.7 Å². The van der Waals surface area contributed by atoms with Crippen molar-refractivity contribution in [3.8, 4) is 0 Å². The zero-order chi connectivity index (χ0) is 16.9. The summed E-state index contributed by atoms with van der Waals surface area (Å²) in [7, 11) is 0. The predicted octanol–water partition coefficient (Wildman–Crippen LogP) is 2.22. The van der Waals surface area contributed by atoms with Crippen LogP contribution in [-0.4, -0.2) is 54.7 Å². The zero-order valence-corrected chi connectivity index (χ0v) is 14.8. The SMILES string of the molecule is CCOC(=O)N1[C@@H]2CC[C@H]1CC(NCCNC(=O)c1cccs1)C2. The number of hydrogen-bond acceptors (Lipinski definition) is 5. The van der Waals surface area contributed by atoms with E-state index in [9.17, 15) is 9.59 Å². The number of thiophene rings is 1. The molecule has 2 bridgehead atoms. The molecule has 2 aliphatic heterocycles. The second kappa shape index (κ2) is 7.98. The number of nitrogens with one attached hydrogen (secondary N) is 2. The summed E-state index contributed by atoms with van der Waals surface area (Å²) >= 11 is 1.45. The van der Waals surface area contributed by atoms with Crippen LogP contribution in [0.1, 0.15) is 42.3 Å². The van der Waals surface area contributed by atoms with Gasteiger partial charge in [-0.15, -0.1) is 11.3 Å². The third-order valence-electron chi connectivity index (χ3n) is 4.80. The fourth-order valence-electron chi connectivity index (χ4n) is 3.79. The van der Waals surface area contributed by atoms with Gasteiger partial charge in [0, 0.05) is 31.2 Å². The van der Waals surface area contributed by atoms with Gasteiger partial charge in [0.15, 0.2) is 0 Å². The number of piperidine rings is 1. The highest BCUT2D eigenvalue weighted by Crippen LogP contribution is 2.36. The summed E-state index contributed by atoms with van der Waals surface area (Å²) in [6.07, 6.45) is 3.90. The lowest BCUT2D eigenvalue weighted by molar-refractivity contribution is 0.0659. The molecule has 1 aromatic rings. The minimum atomic E-state index is -0.160. The standard InChI is InChI=1S/C17H25N3O3S/c1-2-23-17(22)20-13-5-6-14(20)11-12(10-13)18-7-8-19-16(21)15-4-3-9-24-15/h3-4,9,12-14,18H,2,5-8,10-11H2,1H3,(H,19,21)/t12?,13-,14+. The Morgan fingerprint density at radius 1 is 1.29 bits per heavy atom. The van der Waals surface area contributed by atoms with Crippen molar-refractivity contribution in [2.45, 2.75) is 50.7 Å². The van der Waals surface area contributed by atoms with E-state index in [1.54, 1.807) is 0 Å². The largest absolute Gasteiger partial charge is 0.450 e. The van der Waals surface area contributed by atoms with Gasteiger partial charge in [-0.3, -0.25) is 4.79 Å². The van der Waals surface area contributed by atoms with E-state index < -0.39 is 0 Å². The number of carbonyl (C=O) groups is 2. The maximum absolute atomic E-state index is 12.1. The zero-order valence-electron chi connectivity index (χ0n) is 14.0. The number of nitrogens with zero attached hydrogens (tertiary/aromatic N) is 1. The fraction of sp³-hybridized carbons (Fsp3) is 0.647. The van der Waals surface area contributed by atoms with Crippen LogP contribution in [0.15, 0.2) is 17.5 Å². The molecule has 0 aromatic carbocycles. The van der Waals surface area contributed by atoms with Gasteiger partial charge >= 0.3 is 6.09 Å². The van der Waals surface area contributed by atoms with Gasteiger partial charge in [-0.25, -0.2) is 4.79 Å². The first-order valence-electron chi connectivity index (χ1n) is 8.69. The second-order valence-corrected chi connectivity index (χ2v) is 7.29. The molecule has 7 heteroatoms. The monoisotopic (exact) mass is 351 g/mol. The number of amides is 2. The normalized spacial score (nSPS) is 25.5. The number of ether oxygens (including phenoxy) is 1. The van der Waals surface area contributed by atoms with Crippen LogP contribution >= 0.6 is 11.3 Å². The molecule has 2 N–H and O–H groups in total. The molecule has 0 radical (unpaired) electrons. The van der Waals surface area contributed by atoms with Crippen molar-refractivity contribution < 1.29 is 14.3 Å². The predicted molar refractivity (Wildman–Crippen MR) is 93.3 cm³/mol. The third kappa shape index (κ3) is 3.89. The van der Waals surface area contributed by atoms with Crippen molar-refractivity contribution in [3.05, 3.63) is 22.4 Å². The van der Waals surface area contributed by atoms with E-state index >= 15 is 0 Å². The lowest BCUT2D eigenvalue weighted by Crippen LogP contribution is -2.52. The van der Waals surface area contributed by atoms with E-state index in [1.165, 1.54) is 11.3 Å². The smallest absolute Gasteiger partial charge is 0.410 e. The Labute approximate surface area is 146 Å². The second-order valence-electron chi connectivity index (χ2n) is 6.35. The number of carbonyl (C=O) groups excluding carboxylic acids is 2. The van der Waals surface area contributed by atoms with E-state index in [2.05, 4.69) is 10.6 Å². The van der Waals surface area contributed by atoms with Crippen LogP contribution in [0, 0.1) is 0 Å². The lowest BCUT2D eigenvalue weighted by atomic mass is 9.98. The molecular formula is C17H25N3O3S. The Balaban J connectivity index is 1.39. The summed E-state index contributed by atoms with van der Waals surface area (Å²) in [5.74, 6) is -0.0102. The van der Waals surface area contributed by atoms with Gasteiger partial charge in [0.1, 0.15) is 0 Å². The van der Waals surface area contributed by atoms with E-state index in [-0.39, 0.29) is 12.0 Å². The van der Waals surface area contributed by atoms with Crippen LogP contribution in [0.25, 0.3) is 0 Å². The van der Waals surface area contributed by atoms with Crippen LogP contribution in [0.4, 0.5) is 4.79 Å². The van der Waals surface area contributed by atoms with Crippen LogP contribution in [0.5, 0.6) is 0 Å². The molecule has 1 unspecified atom stereocenters. The van der Waals surface area contributed by atoms with Crippen LogP contribution in [-0.2, 0) is 4.74 Å². The van der Waals surface area contributed by atoms with Crippen LogP contribution in [0.3, 0.4) is 0 Å². The van der Waals surface area contributed by atoms with Crippen molar-refractivity contribution in [2.75, 3.05) is 19.7 Å². The summed E-state index contributed by atoms with van der Waals surface area (Å²) in [5.41, 5.74) is 0. The molecule has 0 spiro atoms. The highest BCUT2D eigenvalue weighted by atomic mass is 32.1. The Hall–Kier alpha value is -1.60. The molecule has 6 nitrogen and oxygen atoms in total. The number of fused-ring (bicyclic) bond motifs is 2. The van der Waals surface area contributed by atoms with Crippen molar-refractivity contribution in [1.82, 2.24) is 15.5 Å². The maximum atomic E-state index is 12.1. The highest BCUT2D eigenvalue weighted by Gasteiger charge is 2.43. The van der Waals surface area contributed by atoms with Crippen LogP contribution < -0.4 is 10.6 Å². The molecule has 2 aliphatic rings. The van der Waals surface area contributed by atoms with Crippen LogP contribution in [0.2, 0.25) is 0 Å². The molecule has 3 rings (SSSR count). The van der Waals surface area contributed by atoms with Gasteiger partial charge in [0.2, 0.25) is 0 Å². The molecule has 2 fully saturated rings. The molecule has 1 aromatic heterocycles. The van der Waals surface area contributed by atoms with E-state index in [4.69, 9.17) is 4.74 Å². The number of rotatable bonds is 6. The Bertz CT molecular complexity index is 549. The minimum absolute atomic E-state index is 0.0102. The molecule has 2 amide bonds. The minimum Gasteiger partial charge on any atom is -0.450 e. The van der Waals surface area contributed by atoms with Crippen molar-refractivity contribution in [3.63, 3.8) is 0 Å². The van der Waals surface area contributed by atoms with Gasteiger partial charge in [0.25, 0.3) is 5.91 Å². The quantitative estimate of drug-likeness (QED) is 0.771. The number of hydrogen-bond donors (Lipinski definition) is 2. The molecule has 24 heavy (non-hydrogen) atoms. The first-order chi connectivity index (χ1) is 11.7. The molecule has 2 saturated heterocycles. The van der Waals surface area contributed by atoms with Gasteiger partial charge in [-0.1, -0.05) is 6.07 Å². The van der Waals surface area contributed by atoms with Gasteiger partial charge in [-0.2, -0.15) is 0 Å². The van der Waals surface area contributed by atoms with E-state index in [0.717, 1.165) is 37.1 Å². The third-order valence-corrected chi connectivity index (χ3v) is 5.67. The Kier molecular flexibility index (Phi) is 5.73. The van der Waals surface area contributed by atoms with E-state index in [1.807, 2.05) is 29.3 Å². The lowest BCUT2D eigenvalue weighted by Gasteiger charge is -2.38. The molecule has 0 saturated carbocycles. The molecule has 0 aliphatic carbocycles. The fourth-order valence-corrected chi connectivity index (χ4v) is 4.43. The summed E-state index contributed by atoms with van der Waals surface area (Å²) in [5, 5.41) is 8.36. The summed E-state index contributed by atoms with van der Waals surface area (Å²) in [4.78, 5) is 26.6.